The van der Waals surface area contributed by atoms with Crippen LogP contribution in [0.3, 0.4) is 0 Å². The molecule has 7 nitrogen and oxygen atoms in total. The number of carbonyl (C=O) groups is 2. The van der Waals surface area contributed by atoms with E-state index >= 15 is 0 Å². The minimum atomic E-state index is -4.18. The van der Waals surface area contributed by atoms with E-state index in [9.17, 15) is 18.0 Å². The Kier molecular flexibility index (Phi) is 11.5. The standard InChI is InChI=1S/C30H34Cl3N3O4S/c1-5-21(4)34-30(38)28(6-2)35(18-22-9-10-24(32)17-27(22)33)29(37)19-36(25-13-11-23(31)12-14-25)41(39,40)26-15-7-20(3)8-16-26/h7-17,21,28H,5-6,18-19H2,1-4H3,(H,34,38)/t21-,28+/m1/s1. The van der Waals surface area contributed by atoms with Crippen LogP contribution in [0, 0.1) is 6.92 Å². The van der Waals surface area contributed by atoms with Crippen LogP contribution >= 0.6 is 34.8 Å². The zero-order valence-corrected chi connectivity index (χ0v) is 26.5. The van der Waals surface area contributed by atoms with E-state index in [2.05, 4.69) is 5.32 Å². The summed E-state index contributed by atoms with van der Waals surface area (Å²) in [7, 11) is -4.18. The van der Waals surface area contributed by atoms with Gasteiger partial charge in [-0.25, -0.2) is 8.42 Å². The first kappa shape index (κ1) is 32.7. The van der Waals surface area contributed by atoms with Gasteiger partial charge in [0.05, 0.1) is 10.6 Å². The Labute approximate surface area is 257 Å². The van der Waals surface area contributed by atoms with Gasteiger partial charge in [-0.15, -0.1) is 0 Å². The molecule has 41 heavy (non-hydrogen) atoms. The van der Waals surface area contributed by atoms with Crippen molar-refractivity contribution < 1.29 is 18.0 Å². The van der Waals surface area contributed by atoms with Crippen LogP contribution in [0.25, 0.3) is 0 Å². The monoisotopic (exact) mass is 637 g/mol. The lowest BCUT2D eigenvalue weighted by Crippen LogP contribution is -2.53. The SMILES string of the molecule is CC[C@@H](C)NC(=O)[C@H](CC)N(Cc1ccc(Cl)cc1Cl)C(=O)CN(c1ccc(Cl)cc1)S(=O)(=O)c1ccc(C)cc1. The zero-order valence-electron chi connectivity index (χ0n) is 23.4. The van der Waals surface area contributed by atoms with Crippen molar-refractivity contribution >= 4 is 62.3 Å². The molecule has 2 amide bonds. The molecule has 0 aliphatic heterocycles. The number of nitrogens with zero attached hydrogens (tertiary/aromatic N) is 2. The summed E-state index contributed by atoms with van der Waals surface area (Å²) < 4.78 is 28.8. The fourth-order valence-electron chi connectivity index (χ4n) is 4.17. The van der Waals surface area contributed by atoms with Gasteiger partial charge in [0.2, 0.25) is 11.8 Å². The van der Waals surface area contributed by atoms with Crippen LogP contribution in [0.15, 0.2) is 71.6 Å². The highest BCUT2D eigenvalue weighted by molar-refractivity contribution is 7.92. The molecule has 0 heterocycles. The number of nitrogens with one attached hydrogen (secondary N) is 1. The third-order valence-electron chi connectivity index (χ3n) is 6.75. The van der Waals surface area contributed by atoms with Gasteiger partial charge in [-0.05, 0) is 80.8 Å². The quantitative estimate of drug-likeness (QED) is 0.235. The van der Waals surface area contributed by atoms with Gasteiger partial charge in [0.25, 0.3) is 10.0 Å². The summed E-state index contributed by atoms with van der Waals surface area (Å²) in [6, 6.07) is 16.5. The number of aryl methyl sites for hydroxylation is 1. The molecule has 0 aliphatic carbocycles. The van der Waals surface area contributed by atoms with Gasteiger partial charge in [-0.1, -0.05) is 72.4 Å². The Balaban J connectivity index is 2.08. The topological polar surface area (TPSA) is 86.8 Å². The molecule has 0 bridgehead atoms. The van der Waals surface area contributed by atoms with E-state index in [-0.39, 0.29) is 29.1 Å². The minimum Gasteiger partial charge on any atom is -0.352 e. The van der Waals surface area contributed by atoms with Gasteiger partial charge in [-0.3, -0.25) is 13.9 Å². The molecule has 0 aromatic heterocycles. The van der Waals surface area contributed by atoms with Crippen molar-refractivity contribution in [1.29, 1.82) is 0 Å². The van der Waals surface area contributed by atoms with E-state index in [0.29, 0.717) is 33.5 Å². The summed E-state index contributed by atoms with van der Waals surface area (Å²) in [5.74, 6) is -0.910. The van der Waals surface area contributed by atoms with Crippen LogP contribution in [0.4, 0.5) is 5.69 Å². The normalized spacial score (nSPS) is 12.9. The second kappa shape index (κ2) is 14.4. The molecule has 3 aromatic carbocycles. The maximum atomic E-state index is 14.1. The third kappa shape index (κ3) is 8.38. The maximum absolute atomic E-state index is 14.1. The average molecular weight is 639 g/mol. The molecule has 0 spiro atoms. The number of hydrogen-bond acceptors (Lipinski definition) is 4. The lowest BCUT2D eigenvalue weighted by molar-refractivity contribution is -0.140. The fourth-order valence-corrected chi connectivity index (χ4v) is 6.18. The summed E-state index contributed by atoms with van der Waals surface area (Å²) in [6.45, 7) is 6.89. The van der Waals surface area contributed by atoms with E-state index in [4.69, 9.17) is 34.8 Å². The highest BCUT2D eigenvalue weighted by Crippen LogP contribution is 2.28. The van der Waals surface area contributed by atoms with E-state index in [1.165, 1.54) is 29.2 Å². The van der Waals surface area contributed by atoms with Gasteiger partial charge in [0, 0.05) is 27.7 Å². The molecule has 0 unspecified atom stereocenters. The first-order valence-corrected chi connectivity index (χ1v) is 15.8. The molecule has 0 radical (unpaired) electrons. The molecular formula is C30H34Cl3N3O4S. The number of halogens is 3. The maximum Gasteiger partial charge on any atom is 0.264 e. The number of sulfonamides is 1. The van der Waals surface area contributed by atoms with E-state index in [1.54, 1.807) is 49.4 Å². The lowest BCUT2D eigenvalue weighted by atomic mass is 10.1. The van der Waals surface area contributed by atoms with Gasteiger partial charge in [0.15, 0.2) is 0 Å². The van der Waals surface area contributed by atoms with Crippen LogP contribution in [0.2, 0.25) is 15.1 Å². The first-order valence-electron chi connectivity index (χ1n) is 13.3. The van der Waals surface area contributed by atoms with Gasteiger partial charge >= 0.3 is 0 Å². The lowest BCUT2D eigenvalue weighted by Gasteiger charge is -2.34. The molecule has 0 aliphatic rings. The molecule has 3 aromatic rings. The number of rotatable bonds is 12. The van der Waals surface area contributed by atoms with Gasteiger partial charge < -0.3 is 10.2 Å². The number of carbonyl (C=O) groups excluding carboxylic acids is 2. The molecule has 3 rings (SSSR count). The molecule has 0 fully saturated rings. The zero-order chi connectivity index (χ0) is 30.3. The summed E-state index contributed by atoms with van der Waals surface area (Å²) in [5, 5.41) is 4.12. The van der Waals surface area contributed by atoms with Crippen LogP contribution in [-0.2, 0) is 26.2 Å². The number of benzene rings is 3. The summed E-state index contributed by atoms with van der Waals surface area (Å²) in [6.07, 6.45) is 1.00. The highest BCUT2D eigenvalue weighted by Gasteiger charge is 2.34. The Hall–Kier alpha value is -2.78. The molecule has 1 N–H and O–H groups in total. The van der Waals surface area contributed by atoms with Crippen molar-refractivity contribution in [3.8, 4) is 0 Å². The molecule has 2 atom stereocenters. The summed E-state index contributed by atoms with van der Waals surface area (Å²) in [5.41, 5.74) is 1.71. The van der Waals surface area contributed by atoms with E-state index < -0.39 is 28.5 Å². The van der Waals surface area contributed by atoms with E-state index in [0.717, 1.165) is 9.87 Å². The Morgan fingerprint density at radius 1 is 0.878 bits per heavy atom. The fraction of sp³-hybridized carbons (Fsp3) is 0.333. The Morgan fingerprint density at radius 3 is 2.05 bits per heavy atom. The van der Waals surface area contributed by atoms with Crippen LogP contribution in [0.1, 0.15) is 44.7 Å². The second-order valence-electron chi connectivity index (χ2n) is 9.80. The molecular weight excluding hydrogens is 605 g/mol. The predicted octanol–water partition coefficient (Wildman–Crippen LogP) is 6.87. The number of anilines is 1. The van der Waals surface area contributed by atoms with Gasteiger partial charge in [-0.2, -0.15) is 0 Å². The van der Waals surface area contributed by atoms with Gasteiger partial charge in [0.1, 0.15) is 12.6 Å². The third-order valence-corrected chi connectivity index (χ3v) is 9.37. The molecule has 220 valence electrons. The van der Waals surface area contributed by atoms with E-state index in [1.807, 2.05) is 20.8 Å². The van der Waals surface area contributed by atoms with Crippen LogP contribution < -0.4 is 9.62 Å². The highest BCUT2D eigenvalue weighted by atomic mass is 35.5. The largest absolute Gasteiger partial charge is 0.352 e. The number of hydrogen-bond donors (Lipinski definition) is 1. The molecule has 0 saturated carbocycles. The minimum absolute atomic E-state index is 0.0275. The van der Waals surface area contributed by atoms with Crippen molar-refractivity contribution in [3.05, 3.63) is 92.9 Å². The first-order chi connectivity index (χ1) is 19.4. The molecule has 0 saturated heterocycles. The summed E-state index contributed by atoms with van der Waals surface area (Å²) in [4.78, 5) is 28.9. The Bertz CT molecular complexity index is 1470. The van der Waals surface area contributed by atoms with Crippen molar-refractivity contribution in [3.63, 3.8) is 0 Å². The van der Waals surface area contributed by atoms with Crippen LogP contribution in [-0.4, -0.2) is 43.8 Å². The second-order valence-corrected chi connectivity index (χ2v) is 12.9. The smallest absolute Gasteiger partial charge is 0.264 e. The average Bonchev–Trinajstić information content (AvgIpc) is 2.93. The Morgan fingerprint density at radius 2 is 1.49 bits per heavy atom. The molecule has 11 heteroatoms. The number of amides is 2. The van der Waals surface area contributed by atoms with Crippen molar-refractivity contribution in [1.82, 2.24) is 10.2 Å². The summed E-state index contributed by atoms with van der Waals surface area (Å²) >= 11 is 18.6. The van der Waals surface area contributed by atoms with Crippen molar-refractivity contribution in [2.24, 2.45) is 0 Å². The van der Waals surface area contributed by atoms with Crippen molar-refractivity contribution in [2.75, 3.05) is 10.8 Å². The van der Waals surface area contributed by atoms with Crippen molar-refractivity contribution in [2.45, 2.75) is 64.1 Å². The van der Waals surface area contributed by atoms with Crippen LogP contribution in [0.5, 0.6) is 0 Å². The predicted molar refractivity (Wildman–Crippen MR) is 166 cm³/mol.